The predicted octanol–water partition coefficient (Wildman–Crippen LogP) is 1.40. The molecule has 5 heteroatoms. The number of aromatic nitrogens is 2. The quantitative estimate of drug-likeness (QED) is 0.775. The van der Waals surface area contributed by atoms with Crippen LogP contribution in [0, 0.1) is 6.92 Å². The molecular formula is C11H13N3O2. The van der Waals surface area contributed by atoms with E-state index >= 15 is 0 Å². The van der Waals surface area contributed by atoms with Crippen molar-refractivity contribution in [3.8, 4) is 0 Å². The Morgan fingerprint density at radius 3 is 3.00 bits per heavy atom. The number of imidazole rings is 1. The van der Waals surface area contributed by atoms with Gasteiger partial charge in [-0.15, -0.1) is 0 Å². The van der Waals surface area contributed by atoms with E-state index in [0.29, 0.717) is 23.6 Å². The largest absolute Gasteiger partial charge is 0.461 e. The molecule has 0 aliphatic heterocycles. The van der Waals surface area contributed by atoms with E-state index in [4.69, 9.17) is 10.5 Å². The number of carbonyl (C=O) groups is 1. The summed E-state index contributed by atoms with van der Waals surface area (Å²) >= 11 is 0. The second kappa shape index (κ2) is 3.84. The molecule has 0 aliphatic rings. The fourth-order valence-electron chi connectivity index (χ4n) is 1.60. The summed E-state index contributed by atoms with van der Waals surface area (Å²) in [4.78, 5) is 15.8. The van der Waals surface area contributed by atoms with Crippen molar-refractivity contribution in [1.82, 2.24) is 9.38 Å². The van der Waals surface area contributed by atoms with Crippen molar-refractivity contribution >= 4 is 17.3 Å². The highest BCUT2D eigenvalue weighted by molar-refractivity contribution is 5.90. The number of hydrogen-bond donors (Lipinski definition) is 1. The molecule has 0 atom stereocenters. The van der Waals surface area contributed by atoms with Crippen LogP contribution in [-0.2, 0) is 4.74 Å². The van der Waals surface area contributed by atoms with Gasteiger partial charge >= 0.3 is 5.97 Å². The zero-order valence-corrected chi connectivity index (χ0v) is 9.23. The van der Waals surface area contributed by atoms with Crippen LogP contribution >= 0.6 is 0 Å². The molecule has 2 N–H and O–H groups in total. The number of nitrogen functional groups attached to an aromatic ring is 1. The average Bonchev–Trinajstić information content (AvgIpc) is 2.59. The van der Waals surface area contributed by atoms with Gasteiger partial charge in [0.2, 0.25) is 0 Å². The van der Waals surface area contributed by atoms with Gasteiger partial charge in [-0.1, -0.05) is 0 Å². The van der Waals surface area contributed by atoms with Gasteiger partial charge in [0.25, 0.3) is 0 Å². The Labute approximate surface area is 92.8 Å². The van der Waals surface area contributed by atoms with Crippen LogP contribution in [0.2, 0.25) is 0 Å². The smallest absolute Gasteiger partial charge is 0.358 e. The molecule has 2 aromatic heterocycles. The summed E-state index contributed by atoms with van der Waals surface area (Å²) in [5.41, 5.74) is 7.96. The van der Waals surface area contributed by atoms with Gasteiger partial charge in [0.1, 0.15) is 0 Å². The van der Waals surface area contributed by atoms with Gasteiger partial charge in [-0.2, -0.15) is 0 Å². The lowest BCUT2D eigenvalue weighted by Gasteiger charge is -1.99. The molecule has 84 valence electrons. The predicted molar refractivity (Wildman–Crippen MR) is 60.3 cm³/mol. The summed E-state index contributed by atoms with van der Waals surface area (Å²) in [6.07, 6.45) is 1.82. The number of rotatable bonds is 2. The van der Waals surface area contributed by atoms with E-state index < -0.39 is 5.97 Å². The third-order valence-electron chi connectivity index (χ3n) is 2.39. The molecule has 0 spiro atoms. The number of carbonyl (C=O) groups excluding carboxylic acids is 1. The number of aryl methyl sites for hydroxylation is 1. The molecule has 0 amide bonds. The SMILES string of the molecule is CCOC(=O)c1nc2c(N)cccn2c1C. The number of nitrogens with two attached hydrogens (primary N) is 1. The molecule has 0 aliphatic carbocycles. The van der Waals surface area contributed by atoms with Crippen molar-refractivity contribution in [2.75, 3.05) is 12.3 Å². The normalized spacial score (nSPS) is 10.6. The van der Waals surface area contributed by atoms with Crippen LogP contribution in [0.25, 0.3) is 5.65 Å². The first-order chi connectivity index (χ1) is 7.65. The summed E-state index contributed by atoms with van der Waals surface area (Å²) in [6.45, 7) is 3.91. The summed E-state index contributed by atoms with van der Waals surface area (Å²) in [7, 11) is 0. The van der Waals surface area contributed by atoms with Crippen LogP contribution in [-0.4, -0.2) is 22.0 Å². The first-order valence-electron chi connectivity index (χ1n) is 5.05. The molecule has 0 fully saturated rings. The fourth-order valence-corrected chi connectivity index (χ4v) is 1.60. The van der Waals surface area contributed by atoms with E-state index in [9.17, 15) is 4.79 Å². The Bertz CT molecular complexity index is 545. The topological polar surface area (TPSA) is 69.6 Å². The summed E-state index contributed by atoms with van der Waals surface area (Å²) in [6, 6.07) is 3.56. The Morgan fingerprint density at radius 2 is 2.38 bits per heavy atom. The monoisotopic (exact) mass is 219 g/mol. The molecule has 0 unspecified atom stereocenters. The molecule has 0 saturated carbocycles. The van der Waals surface area contributed by atoms with E-state index in [0.717, 1.165) is 5.69 Å². The van der Waals surface area contributed by atoms with Gasteiger partial charge in [0.15, 0.2) is 11.3 Å². The molecule has 2 aromatic rings. The third kappa shape index (κ3) is 1.50. The summed E-state index contributed by atoms with van der Waals surface area (Å²) in [5, 5.41) is 0. The minimum absolute atomic E-state index is 0.319. The van der Waals surface area contributed by atoms with Crippen LogP contribution in [0.3, 0.4) is 0 Å². The summed E-state index contributed by atoms with van der Waals surface area (Å²) in [5.74, 6) is -0.414. The second-order valence-electron chi connectivity index (χ2n) is 3.42. The molecule has 5 nitrogen and oxygen atoms in total. The highest BCUT2D eigenvalue weighted by atomic mass is 16.5. The Morgan fingerprint density at radius 1 is 1.62 bits per heavy atom. The number of pyridine rings is 1. The van der Waals surface area contributed by atoms with Crippen LogP contribution in [0.1, 0.15) is 23.1 Å². The Kier molecular flexibility index (Phi) is 2.52. The zero-order valence-electron chi connectivity index (χ0n) is 9.23. The van der Waals surface area contributed by atoms with Crippen LogP contribution in [0.5, 0.6) is 0 Å². The molecular weight excluding hydrogens is 206 g/mol. The maximum absolute atomic E-state index is 11.6. The van der Waals surface area contributed by atoms with Crippen LogP contribution in [0.15, 0.2) is 18.3 Å². The maximum atomic E-state index is 11.6. The number of ether oxygens (including phenoxy) is 1. The zero-order chi connectivity index (χ0) is 11.7. The van der Waals surface area contributed by atoms with Crippen molar-refractivity contribution in [1.29, 1.82) is 0 Å². The summed E-state index contributed by atoms with van der Waals surface area (Å²) < 4.78 is 6.70. The lowest BCUT2D eigenvalue weighted by atomic mass is 10.3. The maximum Gasteiger partial charge on any atom is 0.358 e. The van der Waals surface area contributed by atoms with Crippen molar-refractivity contribution < 1.29 is 9.53 Å². The van der Waals surface area contributed by atoms with Gasteiger partial charge in [0, 0.05) is 6.20 Å². The number of hydrogen-bond acceptors (Lipinski definition) is 4. The molecule has 0 radical (unpaired) electrons. The molecule has 2 heterocycles. The standard InChI is InChI=1S/C11H13N3O2/c1-3-16-11(15)9-7(2)14-6-4-5-8(12)10(14)13-9/h4-6H,3,12H2,1-2H3. The van der Waals surface area contributed by atoms with E-state index in [2.05, 4.69) is 4.98 Å². The fraction of sp³-hybridized carbons (Fsp3) is 0.273. The van der Waals surface area contributed by atoms with Gasteiger partial charge in [0.05, 0.1) is 18.0 Å². The van der Waals surface area contributed by atoms with E-state index in [1.54, 1.807) is 17.4 Å². The minimum atomic E-state index is -0.414. The minimum Gasteiger partial charge on any atom is -0.461 e. The third-order valence-corrected chi connectivity index (χ3v) is 2.39. The first-order valence-corrected chi connectivity index (χ1v) is 5.05. The van der Waals surface area contributed by atoms with Gasteiger partial charge in [-0.3, -0.25) is 0 Å². The highest BCUT2D eigenvalue weighted by Gasteiger charge is 2.17. The van der Waals surface area contributed by atoms with Gasteiger partial charge in [-0.25, -0.2) is 9.78 Å². The lowest BCUT2D eigenvalue weighted by Crippen LogP contribution is -2.06. The molecule has 0 bridgehead atoms. The van der Waals surface area contributed by atoms with Crippen molar-refractivity contribution in [3.05, 3.63) is 29.7 Å². The van der Waals surface area contributed by atoms with Gasteiger partial charge in [-0.05, 0) is 26.0 Å². The van der Waals surface area contributed by atoms with Crippen molar-refractivity contribution in [2.45, 2.75) is 13.8 Å². The molecule has 0 aromatic carbocycles. The van der Waals surface area contributed by atoms with E-state index in [1.165, 1.54) is 0 Å². The average molecular weight is 219 g/mol. The number of esters is 1. The number of fused-ring (bicyclic) bond motifs is 1. The first kappa shape index (κ1) is 10.5. The van der Waals surface area contributed by atoms with Crippen molar-refractivity contribution in [2.24, 2.45) is 0 Å². The Hall–Kier alpha value is -2.04. The second-order valence-corrected chi connectivity index (χ2v) is 3.42. The van der Waals surface area contributed by atoms with Gasteiger partial charge < -0.3 is 14.9 Å². The molecule has 2 rings (SSSR count). The number of nitrogens with zero attached hydrogens (tertiary/aromatic N) is 2. The highest BCUT2D eigenvalue weighted by Crippen LogP contribution is 2.17. The van der Waals surface area contributed by atoms with Crippen LogP contribution in [0.4, 0.5) is 5.69 Å². The molecule has 0 saturated heterocycles. The number of anilines is 1. The van der Waals surface area contributed by atoms with E-state index in [1.807, 2.05) is 19.2 Å². The van der Waals surface area contributed by atoms with Crippen LogP contribution < -0.4 is 5.73 Å². The van der Waals surface area contributed by atoms with E-state index in [-0.39, 0.29) is 0 Å². The molecule has 16 heavy (non-hydrogen) atoms. The lowest BCUT2D eigenvalue weighted by molar-refractivity contribution is 0.0519. The Balaban J connectivity index is 2.60. The van der Waals surface area contributed by atoms with Crippen molar-refractivity contribution in [3.63, 3.8) is 0 Å².